The molecule has 0 saturated carbocycles. The van der Waals surface area contributed by atoms with E-state index in [4.69, 9.17) is 5.73 Å². The smallest absolute Gasteiger partial charge is 0.227 e. The summed E-state index contributed by atoms with van der Waals surface area (Å²) in [5, 5.41) is 2.67. The number of aromatic nitrogens is 2. The van der Waals surface area contributed by atoms with Crippen LogP contribution < -0.4 is 11.1 Å². The van der Waals surface area contributed by atoms with Crippen LogP contribution in [-0.4, -0.2) is 15.9 Å². The zero-order valence-corrected chi connectivity index (χ0v) is 9.31. The number of nitrogens with two attached hydrogens (primary N) is 1. The molecule has 1 amide bonds. The molecule has 5 nitrogen and oxygen atoms in total. The minimum Gasteiger partial charge on any atom is -0.399 e. The van der Waals surface area contributed by atoms with Gasteiger partial charge < -0.3 is 10.7 Å². The molecule has 4 N–H and O–H groups in total. The molecule has 0 atom stereocenters. The first-order chi connectivity index (χ1) is 8.25. The number of nitrogens with one attached hydrogen (secondary N) is 2. The van der Waals surface area contributed by atoms with Crippen molar-refractivity contribution in [3.05, 3.63) is 42.2 Å². The second-order valence-electron chi connectivity index (χ2n) is 3.68. The second kappa shape index (κ2) is 5.16. The van der Waals surface area contributed by atoms with Crippen molar-refractivity contribution in [2.24, 2.45) is 0 Å². The van der Waals surface area contributed by atoms with E-state index in [1.807, 2.05) is 24.3 Å². The maximum Gasteiger partial charge on any atom is 0.227 e. The fourth-order valence-electron chi connectivity index (χ4n) is 1.54. The number of amides is 1. The van der Waals surface area contributed by atoms with Crippen LogP contribution in [0.25, 0.3) is 0 Å². The Balaban J connectivity index is 1.86. The Kier molecular flexibility index (Phi) is 3.40. The summed E-state index contributed by atoms with van der Waals surface area (Å²) in [6, 6.07) is 7.55. The Morgan fingerprint density at radius 1 is 1.41 bits per heavy atom. The molecule has 1 heterocycles. The molecule has 0 fully saturated rings. The van der Waals surface area contributed by atoms with E-state index in [2.05, 4.69) is 15.3 Å². The zero-order valence-electron chi connectivity index (χ0n) is 9.31. The Hall–Kier alpha value is -2.30. The monoisotopic (exact) mass is 230 g/mol. The number of carbonyl (C=O) groups is 1. The third-order valence-corrected chi connectivity index (χ3v) is 2.43. The van der Waals surface area contributed by atoms with Gasteiger partial charge in [-0.2, -0.15) is 0 Å². The van der Waals surface area contributed by atoms with Crippen LogP contribution in [0.15, 0.2) is 36.7 Å². The van der Waals surface area contributed by atoms with E-state index in [1.54, 1.807) is 12.4 Å². The normalized spacial score (nSPS) is 10.1. The highest BCUT2D eigenvalue weighted by Gasteiger charge is 2.05. The van der Waals surface area contributed by atoms with E-state index < -0.39 is 0 Å². The number of H-pyrrole nitrogens is 1. The number of benzene rings is 1. The van der Waals surface area contributed by atoms with Crippen LogP contribution in [0.5, 0.6) is 0 Å². The molecule has 5 heteroatoms. The van der Waals surface area contributed by atoms with Gasteiger partial charge in [-0.3, -0.25) is 10.1 Å². The fraction of sp³-hybridized carbons (Fsp3) is 0.167. The average molecular weight is 230 g/mol. The summed E-state index contributed by atoms with van der Waals surface area (Å²) in [6.07, 6.45) is 4.25. The van der Waals surface area contributed by atoms with E-state index >= 15 is 0 Å². The van der Waals surface area contributed by atoms with Gasteiger partial charge in [0.2, 0.25) is 11.9 Å². The number of anilines is 2. The number of para-hydroxylation sites is 1. The lowest BCUT2D eigenvalue weighted by Crippen LogP contribution is -2.13. The Labute approximate surface area is 99.1 Å². The van der Waals surface area contributed by atoms with Gasteiger partial charge in [-0.25, -0.2) is 4.98 Å². The topological polar surface area (TPSA) is 83.8 Å². The third kappa shape index (κ3) is 3.07. The largest absolute Gasteiger partial charge is 0.399 e. The Morgan fingerprint density at radius 2 is 2.24 bits per heavy atom. The van der Waals surface area contributed by atoms with E-state index in [0.29, 0.717) is 18.8 Å². The maximum absolute atomic E-state index is 11.6. The summed E-state index contributed by atoms with van der Waals surface area (Å²) in [5.41, 5.74) is 7.50. The summed E-state index contributed by atoms with van der Waals surface area (Å²) < 4.78 is 0. The molecule has 2 aromatic rings. The quantitative estimate of drug-likeness (QED) is 0.697. The SMILES string of the molecule is Nc1ccccc1CCC(=O)Nc1ncc[nH]1. The van der Waals surface area contributed by atoms with Crippen LogP contribution in [0.3, 0.4) is 0 Å². The van der Waals surface area contributed by atoms with Crippen molar-refractivity contribution in [1.82, 2.24) is 9.97 Å². The highest BCUT2D eigenvalue weighted by molar-refractivity contribution is 5.89. The molecule has 1 aromatic carbocycles. The number of hydrogen-bond acceptors (Lipinski definition) is 3. The molecule has 0 saturated heterocycles. The molecule has 0 unspecified atom stereocenters. The highest BCUT2D eigenvalue weighted by Crippen LogP contribution is 2.12. The average Bonchev–Trinajstić information content (AvgIpc) is 2.81. The van der Waals surface area contributed by atoms with E-state index in [9.17, 15) is 4.79 Å². The molecule has 88 valence electrons. The first-order valence-electron chi connectivity index (χ1n) is 5.38. The molecule has 1 aromatic heterocycles. The number of nitrogen functional groups attached to an aromatic ring is 1. The van der Waals surface area contributed by atoms with Crippen LogP contribution in [0, 0.1) is 0 Å². The van der Waals surface area contributed by atoms with Gasteiger partial charge in [0, 0.05) is 24.5 Å². The van der Waals surface area contributed by atoms with Crippen LogP contribution in [0.2, 0.25) is 0 Å². The van der Waals surface area contributed by atoms with Crippen molar-refractivity contribution in [2.75, 3.05) is 11.1 Å². The van der Waals surface area contributed by atoms with Gasteiger partial charge in [0.25, 0.3) is 0 Å². The minimum atomic E-state index is -0.0804. The van der Waals surface area contributed by atoms with Gasteiger partial charge in [-0.05, 0) is 18.1 Å². The molecule has 0 aliphatic rings. The number of hydrogen-bond donors (Lipinski definition) is 3. The van der Waals surface area contributed by atoms with Crippen molar-refractivity contribution >= 4 is 17.5 Å². The second-order valence-corrected chi connectivity index (χ2v) is 3.68. The lowest BCUT2D eigenvalue weighted by atomic mass is 10.1. The molecule has 0 spiro atoms. The molecular weight excluding hydrogens is 216 g/mol. The number of aromatic amines is 1. The number of carbonyl (C=O) groups excluding carboxylic acids is 1. The fourth-order valence-corrected chi connectivity index (χ4v) is 1.54. The number of imidazole rings is 1. The Bertz CT molecular complexity index is 493. The van der Waals surface area contributed by atoms with Crippen molar-refractivity contribution < 1.29 is 4.79 Å². The predicted molar refractivity (Wildman–Crippen MR) is 66.4 cm³/mol. The van der Waals surface area contributed by atoms with Crippen LogP contribution in [-0.2, 0) is 11.2 Å². The molecule has 0 aliphatic heterocycles. The highest BCUT2D eigenvalue weighted by atomic mass is 16.1. The van der Waals surface area contributed by atoms with Gasteiger partial charge in [0.15, 0.2) is 0 Å². The standard InChI is InChI=1S/C12H14N4O/c13-10-4-2-1-3-9(10)5-6-11(17)16-12-14-7-8-15-12/h1-4,7-8H,5-6,13H2,(H2,14,15,16,17). The number of aryl methyl sites for hydroxylation is 1. The first-order valence-corrected chi connectivity index (χ1v) is 5.38. The summed E-state index contributed by atoms with van der Waals surface area (Å²) >= 11 is 0. The predicted octanol–water partition coefficient (Wildman–Crippen LogP) is 1.56. The number of nitrogens with zero attached hydrogens (tertiary/aromatic N) is 1. The first kappa shape index (κ1) is 11.2. The van der Waals surface area contributed by atoms with Gasteiger partial charge >= 0.3 is 0 Å². The van der Waals surface area contributed by atoms with Crippen molar-refractivity contribution in [3.63, 3.8) is 0 Å². The van der Waals surface area contributed by atoms with Crippen molar-refractivity contribution in [1.29, 1.82) is 0 Å². The van der Waals surface area contributed by atoms with Crippen LogP contribution in [0.1, 0.15) is 12.0 Å². The number of rotatable bonds is 4. The van der Waals surface area contributed by atoms with Gasteiger partial charge in [0.1, 0.15) is 0 Å². The van der Waals surface area contributed by atoms with E-state index in [0.717, 1.165) is 11.3 Å². The summed E-state index contributed by atoms with van der Waals surface area (Å²) in [7, 11) is 0. The summed E-state index contributed by atoms with van der Waals surface area (Å²) in [6.45, 7) is 0. The van der Waals surface area contributed by atoms with Crippen LogP contribution >= 0.6 is 0 Å². The molecular formula is C12H14N4O. The maximum atomic E-state index is 11.6. The molecule has 17 heavy (non-hydrogen) atoms. The molecule has 0 aliphatic carbocycles. The van der Waals surface area contributed by atoms with E-state index in [1.165, 1.54) is 0 Å². The van der Waals surface area contributed by atoms with Gasteiger partial charge in [-0.1, -0.05) is 18.2 Å². The Morgan fingerprint density at radius 3 is 2.94 bits per heavy atom. The zero-order chi connectivity index (χ0) is 12.1. The van der Waals surface area contributed by atoms with Crippen LogP contribution in [0.4, 0.5) is 11.6 Å². The summed E-state index contributed by atoms with van der Waals surface area (Å²) in [4.78, 5) is 18.3. The molecule has 0 radical (unpaired) electrons. The summed E-state index contributed by atoms with van der Waals surface area (Å²) in [5.74, 6) is 0.388. The van der Waals surface area contributed by atoms with Gasteiger partial charge in [-0.15, -0.1) is 0 Å². The molecule has 0 bridgehead atoms. The minimum absolute atomic E-state index is 0.0804. The lowest BCUT2D eigenvalue weighted by molar-refractivity contribution is -0.116. The third-order valence-electron chi connectivity index (χ3n) is 2.43. The lowest BCUT2D eigenvalue weighted by Gasteiger charge is -2.05. The van der Waals surface area contributed by atoms with Crippen molar-refractivity contribution in [3.8, 4) is 0 Å². The molecule has 2 rings (SSSR count). The van der Waals surface area contributed by atoms with E-state index in [-0.39, 0.29) is 5.91 Å². The van der Waals surface area contributed by atoms with Gasteiger partial charge in [0.05, 0.1) is 0 Å². The van der Waals surface area contributed by atoms with Crippen molar-refractivity contribution in [2.45, 2.75) is 12.8 Å².